The summed E-state index contributed by atoms with van der Waals surface area (Å²) >= 11 is 6.09. The Labute approximate surface area is 254 Å². The lowest BCUT2D eigenvalue weighted by molar-refractivity contribution is -0.140. The third-order valence-electron chi connectivity index (χ3n) is 6.66. The van der Waals surface area contributed by atoms with Crippen molar-refractivity contribution < 1.29 is 22.7 Å². The number of hydrogen-bond acceptors (Lipinski definition) is 5. The molecule has 0 saturated heterocycles. The molecule has 226 valence electrons. The Bertz CT molecular complexity index is 1440. The average Bonchev–Trinajstić information content (AvgIpc) is 2.96. The van der Waals surface area contributed by atoms with Crippen molar-refractivity contribution in [2.45, 2.75) is 58.5 Å². The molecule has 3 aromatic rings. The number of rotatable bonds is 14. The SMILES string of the molecule is CCOc1ccccc1N(CC(=O)N(Cc1ccc(Cl)cc1)[C@@H](CC)C(=O)NCC(C)C)S(=O)(=O)c1ccc(C)cc1. The van der Waals surface area contributed by atoms with Gasteiger partial charge >= 0.3 is 0 Å². The van der Waals surface area contributed by atoms with Crippen molar-refractivity contribution in [1.82, 2.24) is 10.2 Å². The van der Waals surface area contributed by atoms with Crippen molar-refractivity contribution in [1.29, 1.82) is 0 Å². The maximum atomic E-state index is 14.2. The zero-order valence-electron chi connectivity index (χ0n) is 24.8. The Morgan fingerprint density at radius 2 is 1.60 bits per heavy atom. The van der Waals surface area contributed by atoms with Crippen molar-refractivity contribution in [3.63, 3.8) is 0 Å². The fourth-order valence-electron chi connectivity index (χ4n) is 4.42. The number of anilines is 1. The molecule has 0 heterocycles. The number of halogens is 1. The van der Waals surface area contributed by atoms with Crippen LogP contribution in [0.5, 0.6) is 5.75 Å². The highest BCUT2D eigenvalue weighted by Crippen LogP contribution is 2.33. The molecular formula is C32H40ClN3O5S. The number of nitrogens with one attached hydrogen (secondary N) is 1. The number of ether oxygens (including phenoxy) is 1. The Balaban J connectivity index is 2.09. The van der Waals surface area contributed by atoms with Crippen LogP contribution < -0.4 is 14.4 Å². The first-order chi connectivity index (χ1) is 20.0. The first-order valence-corrected chi connectivity index (χ1v) is 15.9. The van der Waals surface area contributed by atoms with Crippen LogP contribution in [0.15, 0.2) is 77.7 Å². The molecule has 8 nitrogen and oxygen atoms in total. The standard InChI is InChI=1S/C32H40ClN3O5S/c1-6-28(32(38)34-20-23(3)4)35(21-25-14-16-26(33)17-15-25)31(37)22-36(29-10-8-9-11-30(29)41-7-2)42(39,40)27-18-12-24(5)13-19-27/h8-19,23,28H,6-7,20-22H2,1-5H3,(H,34,38)/t28-/m0/s1. The highest BCUT2D eigenvalue weighted by Gasteiger charge is 2.34. The van der Waals surface area contributed by atoms with E-state index in [0.29, 0.717) is 30.3 Å². The van der Waals surface area contributed by atoms with Crippen molar-refractivity contribution in [2.75, 3.05) is 24.0 Å². The fraction of sp³-hybridized carbons (Fsp3) is 0.375. The van der Waals surface area contributed by atoms with E-state index in [9.17, 15) is 18.0 Å². The number of aryl methyl sites for hydroxylation is 1. The highest BCUT2D eigenvalue weighted by atomic mass is 35.5. The number of carbonyl (C=O) groups is 2. The van der Waals surface area contributed by atoms with Crippen LogP contribution in [0.25, 0.3) is 0 Å². The molecule has 3 rings (SSSR count). The predicted molar refractivity (Wildman–Crippen MR) is 167 cm³/mol. The molecule has 0 unspecified atom stereocenters. The lowest BCUT2D eigenvalue weighted by Crippen LogP contribution is -2.52. The summed E-state index contributed by atoms with van der Waals surface area (Å²) in [6.45, 7) is 9.78. The molecule has 42 heavy (non-hydrogen) atoms. The fourth-order valence-corrected chi connectivity index (χ4v) is 5.97. The van der Waals surface area contributed by atoms with Crippen LogP contribution in [-0.2, 0) is 26.2 Å². The van der Waals surface area contributed by atoms with E-state index in [1.54, 1.807) is 67.6 Å². The second-order valence-electron chi connectivity index (χ2n) is 10.4. The molecule has 10 heteroatoms. The van der Waals surface area contributed by atoms with Crippen LogP contribution in [0.4, 0.5) is 5.69 Å². The highest BCUT2D eigenvalue weighted by molar-refractivity contribution is 7.92. The molecule has 0 aliphatic heterocycles. The molecule has 1 atom stereocenters. The minimum Gasteiger partial charge on any atom is -0.492 e. The molecule has 0 saturated carbocycles. The number of nitrogens with zero attached hydrogens (tertiary/aromatic N) is 2. The summed E-state index contributed by atoms with van der Waals surface area (Å²) in [6, 6.07) is 19.3. The smallest absolute Gasteiger partial charge is 0.264 e. The number of hydrogen-bond donors (Lipinski definition) is 1. The first-order valence-electron chi connectivity index (χ1n) is 14.1. The third-order valence-corrected chi connectivity index (χ3v) is 8.68. The van der Waals surface area contributed by atoms with Gasteiger partial charge in [-0.3, -0.25) is 13.9 Å². The maximum absolute atomic E-state index is 14.2. The Hall–Kier alpha value is -3.56. The molecule has 0 bridgehead atoms. The van der Waals surface area contributed by atoms with E-state index in [1.165, 1.54) is 17.0 Å². The monoisotopic (exact) mass is 613 g/mol. The number of benzene rings is 3. The zero-order valence-corrected chi connectivity index (χ0v) is 26.4. The van der Waals surface area contributed by atoms with E-state index in [-0.39, 0.29) is 29.0 Å². The molecular weight excluding hydrogens is 574 g/mol. The second-order valence-corrected chi connectivity index (χ2v) is 12.7. The number of para-hydroxylation sites is 2. The molecule has 0 aromatic heterocycles. The van der Waals surface area contributed by atoms with E-state index >= 15 is 0 Å². The number of carbonyl (C=O) groups excluding carboxylic acids is 2. The van der Waals surface area contributed by atoms with Gasteiger partial charge in [-0.15, -0.1) is 0 Å². The Morgan fingerprint density at radius 3 is 2.19 bits per heavy atom. The summed E-state index contributed by atoms with van der Waals surface area (Å²) in [5.41, 5.74) is 1.89. The minimum absolute atomic E-state index is 0.0400. The molecule has 3 aromatic carbocycles. The molecule has 0 fully saturated rings. The van der Waals surface area contributed by atoms with Crippen LogP contribution in [-0.4, -0.2) is 50.9 Å². The summed E-state index contributed by atoms with van der Waals surface area (Å²) in [5, 5.41) is 3.47. The summed E-state index contributed by atoms with van der Waals surface area (Å²) in [7, 11) is -4.21. The van der Waals surface area contributed by atoms with Crippen LogP contribution in [0.3, 0.4) is 0 Å². The largest absolute Gasteiger partial charge is 0.492 e. The number of amides is 2. The van der Waals surface area contributed by atoms with Crippen LogP contribution in [0.1, 0.15) is 45.2 Å². The molecule has 0 aliphatic rings. The van der Waals surface area contributed by atoms with Gasteiger partial charge in [-0.1, -0.05) is 74.3 Å². The Morgan fingerprint density at radius 1 is 0.952 bits per heavy atom. The lowest BCUT2D eigenvalue weighted by Gasteiger charge is -2.33. The van der Waals surface area contributed by atoms with Gasteiger partial charge in [0.15, 0.2) is 0 Å². The maximum Gasteiger partial charge on any atom is 0.264 e. The van der Waals surface area contributed by atoms with Crippen LogP contribution in [0.2, 0.25) is 5.02 Å². The molecule has 0 aliphatic carbocycles. The van der Waals surface area contributed by atoms with Gasteiger partial charge in [0.2, 0.25) is 11.8 Å². The Kier molecular flexibility index (Phi) is 11.8. The van der Waals surface area contributed by atoms with Gasteiger partial charge in [0.25, 0.3) is 10.0 Å². The minimum atomic E-state index is -4.21. The van der Waals surface area contributed by atoms with E-state index in [1.807, 2.05) is 27.7 Å². The lowest BCUT2D eigenvalue weighted by atomic mass is 10.1. The van der Waals surface area contributed by atoms with Crippen molar-refractivity contribution in [3.8, 4) is 5.75 Å². The molecule has 0 radical (unpaired) electrons. The first kappa shape index (κ1) is 32.9. The predicted octanol–water partition coefficient (Wildman–Crippen LogP) is 5.82. The molecule has 0 spiro atoms. The van der Waals surface area contributed by atoms with Crippen molar-refractivity contribution in [2.24, 2.45) is 5.92 Å². The van der Waals surface area contributed by atoms with Crippen LogP contribution in [0, 0.1) is 12.8 Å². The van der Waals surface area contributed by atoms with E-state index < -0.39 is 28.5 Å². The summed E-state index contributed by atoms with van der Waals surface area (Å²) in [4.78, 5) is 29.0. The average molecular weight is 614 g/mol. The van der Waals surface area contributed by atoms with Gasteiger partial charge in [-0.2, -0.15) is 0 Å². The van der Waals surface area contributed by atoms with Gasteiger partial charge in [0.1, 0.15) is 18.3 Å². The van der Waals surface area contributed by atoms with E-state index in [0.717, 1.165) is 15.4 Å². The second kappa shape index (κ2) is 15.1. The van der Waals surface area contributed by atoms with Gasteiger partial charge in [-0.05, 0) is 68.1 Å². The third kappa shape index (κ3) is 8.49. The summed E-state index contributed by atoms with van der Waals surface area (Å²) in [5.74, 6) is -0.277. The normalized spacial score (nSPS) is 12.1. The van der Waals surface area contributed by atoms with Gasteiger partial charge in [0, 0.05) is 18.1 Å². The molecule has 2 amide bonds. The van der Waals surface area contributed by atoms with Crippen molar-refractivity contribution >= 4 is 39.1 Å². The quantitative estimate of drug-likeness (QED) is 0.247. The topological polar surface area (TPSA) is 96.0 Å². The summed E-state index contributed by atoms with van der Waals surface area (Å²) < 4.78 is 35.1. The van der Waals surface area contributed by atoms with E-state index in [2.05, 4.69) is 5.32 Å². The van der Waals surface area contributed by atoms with Gasteiger partial charge in [-0.25, -0.2) is 8.42 Å². The van der Waals surface area contributed by atoms with E-state index in [4.69, 9.17) is 16.3 Å². The number of sulfonamides is 1. The zero-order chi connectivity index (χ0) is 30.9. The van der Waals surface area contributed by atoms with Crippen molar-refractivity contribution in [3.05, 3.63) is 88.9 Å². The van der Waals surface area contributed by atoms with Crippen LogP contribution >= 0.6 is 11.6 Å². The van der Waals surface area contributed by atoms with Gasteiger partial charge in [0.05, 0.1) is 17.2 Å². The van der Waals surface area contributed by atoms with Gasteiger partial charge < -0.3 is 15.0 Å². The summed E-state index contributed by atoms with van der Waals surface area (Å²) in [6.07, 6.45) is 0.337. The molecule has 1 N–H and O–H groups in total.